The fourth-order valence-electron chi connectivity index (χ4n) is 3.64. The molecule has 1 N–H and O–H groups in total. The second-order valence-electron chi connectivity index (χ2n) is 7.35. The van der Waals surface area contributed by atoms with E-state index in [0.29, 0.717) is 28.0 Å². The monoisotopic (exact) mass is 426 g/mol. The lowest BCUT2D eigenvalue weighted by Gasteiger charge is -2.28. The largest absolute Gasteiger partial charge is 0.497 e. The predicted molar refractivity (Wildman–Crippen MR) is 122 cm³/mol. The summed E-state index contributed by atoms with van der Waals surface area (Å²) in [6.07, 6.45) is 1.75. The van der Waals surface area contributed by atoms with Crippen LogP contribution in [0.15, 0.2) is 72.8 Å². The van der Waals surface area contributed by atoms with Gasteiger partial charge in [0.1, 0.15) is 5.75 Å². The van der Waals surface area contributed by atoms with Gasteiger partial charge in [-0.25, -0.2) is 0 Å². The molecule has 0 fully saturated rings. The Morgan fingerprint density at radius 1 is 0.906 bits per heavy atom. The minimum absolute atomic E-state index is 0.156. The van der Waals surface area contributed by atoms with Gasteiger partial charge in [0.25, 0.3) is 17.7 Å². The molecule has 32 heavy (non-hydrogen) atoms. The molecule has 3 aromatic rings. The normalized spacial score (nSPS) is 14.3. The first-order valence-electron chi connectivity index (χ1n) is 10.1. The molecule has 0 atom stereocenters. The van der Waals surface area contributed by atoms with Crippen molar-refractivity contribution < 1.29 is 19.1 Å². The maximum absolute atomic E-state index is 13.4. The number of fused-ring (bicyclic) bond motifs is 1. The van der Waals surface area contributed by atoms with Gasteiger partial charge in [0.2, 0.25) is 0 Å². The van der Waals surface area contributed by atoms with Gasteiger partial charge in [-0.05, 0) is 53.1 Å². The number of benzene rings is 3. The maximum atomic E-state index is 13.4. The van der Waals surface area contributed by atoms with Crippen LogP contribution in [0.5, 0.6) is 5.75 Å². The Morgan fingerprint density at radius 2 is 1.56 bits per heavy atom. The Hall–Kier alpha value is -4.19. The first kappa shape index (κ1) is 21.1. The van der Waals surface area contributed by atoms with E-state index in [1.807, 2.05) is 12.1 Å². The third-order valence-electron chi connectivity index (χ3n) is 5.38. The van der Waals surface area contributed by atoms with Gasteiger partial charge in [0, 0.05) is 23.7 Å². The van der Waals surface area contributed by atoms with Crippen molar-refractivity contribution in [1.29, 1.82) is 0 Å². The minimum atomic E-state index is -0.361. The van der Waals surface area contributed by atoms with Gasteiger partial charge in [0.05, 0.1) is 13.7 Å². The molecule has 4 rings (SSSR count). The number of rotatable bonds is 5. The molecule has 0 bridgehead atoms. The molecule has 0 aliphatic carbocycles. The van der Waals surface area contributed by atoms with Crippen molar-refractivity contribution in [3.63, 3.8) is 0 Å². The number of ether oxygens (including phenoxy) is 1. The fraction of sp³-hybridized carbons (Fsp3) is 0.115. The number of nitrogens with zero attached hydrogens (tertiary/aromatic N) is 1. The number of hydrogen-bond donors (Lipinski definition) is 1. The lowest BCUT2D eigenvalue weighted by Crippen LogP contribution is -2.41. The van der Waals surface area contributed by atoms with Gasteiger partial charge in [-0.1, -0.05) is 42.5 Å². The van der Waals surface area contributed by atoms with Gasteiger partial charge >= 0.3 is 0 Å². The summed E-state index contributed by atoms with van der Waals surface area (Å²) in [5, 5.41) is 2.58. The van der Waals surface area contributed by atoms with E-state index in [1.165, 1.54) is 4.90 Å². The smallest absolute Gasteiger partial charge is 0.261 e. The van der Waals surface area contributed by atoms with Gasteiger partial charge in [-0.3, -0.25) is 19.3 Å². The van der Waals surface area contributed by atoms with Crippen LogP contribution in [0.4, 0.5) is 0 Å². The molecule has 0 aromatic heterocycles. The molecule has 3 aromatic carbocycles. The van der Waals surface area contributed by atoms with Gasteiger partial charge in [-0.2, -0.15) is 0 Å². The van der Waals surface area contributed by atoms with Crippen molar-refractivity contribution in [3.05, 3.63) is 101 Å². The fourth-order valence-corrected chi connectivity index (χ4v) is 3.64. The number of carbonyl (C=O) groups is 3. The molecule has 3 amide bonds. The summed E-state index contributed by atoms with van der Waals surface area (Å²) in [6.45, 7) is 0.156. The van der Waals surface area contributed by atoms with Crippen molar-refractivity contribution in [3.8, 4) is 5.75 Å². The minimum Gasteiger partial charge on any atom is -0.497 e. The molecule has 1 aliphatic heterocycles. The van der Waals surface area contributed by atoms with E-state index in [-0.39, 0.29) is 24.3 Å². The van der Waals surface area contributed by atoms with Crippen molar-refractivity contribution in [1.82, 2.24) is 10.2 Å². The number of imide groups is 1. The van der Waals surface area contributed by atoms with E-state index in [1.54, 1.807) is 80.9 Å². The van der Waals surface area contributed by atoms with Crippen molar-refractivity contribution in [2.75, 3.05) is 14.2 Å². The van der Waals surface area contributed by atoms with E-state index in [9.17, 15) is 14.4 Å². The SMILES string of the molecule is CNC(=O)c1ccc(/C=C2/C(=O)N(Cc3ccc(OC)cc3)C(=O)c3ccccc32)cc1. The highest BCUT2D eigenvalue weighted by atomic mass is 16.5. The third-order valence-corrected chi connectivity index (χ3v) is 5.38. The van der Waals surface area contributed by atoms with Crippen LogP contribution in [0, 0.1) is 0 Å². The van der Waals surface area contributed by atoms with Crippen LogP contribution < -0.4 is 10.1 Å². The van der Waals surface area contributed by atoms with E-state index in [4.69, 9.17) is 4.74 Å². The van der Waals surface area contributed by atoms with E-state index < -0.39 is 0 Å². The lowest BCUT2D eigenvalue weighted by molar-refractivity contribution is -0.123. The number of amides is 3. The Morgan fingerprint density at radius 3 is 2.19 bits per heavy atom. The van der Waals surface area contributed by atoms with Crippen molar-refractivity contribution >= 4 is 29.4 Å². The zero-order valence-corrected chi connectivity index (χ0v) is 17.8. The van der Waals surface area contributed by atoms with Gasteiger partial charge in [0.15, 0.2) is 0 Å². The van der Waals surface area contributed by atoms with Gasteiger partial charge in [-0.15, -0.1) is 0 Å². The standard InChI is InChI=1S/C26H22N2O4/c1-27-24(29)19-11-7-17(8-12-19)15-23-21-5-3-4-6-22(21)25(30)28(26(23)31)16-18-9-13-20(32-2)14-10-18/h3-15H,16H2,1-2H3,(H,27,29)/b23-15+. The van der Waals surface area contributed by atoms with Crippen LogP contribution in [0.2, 0.25) is 0 Å². The Balaban J connectivity index is 1.71. The number of methoxy groups -OCH3 is 1. The molecule has 160 valence electrons. The van der Waals surface area contributed by atoms with Crippen LogP contribution in [0.25, 0.3) is 11.6 Å². The molecule has 6 heteroatoms. The summed E-state index contributed by atoms with van der Waals surface area (Å²) in [6, 6.07) is 21.3. The number of hydrogen-bond acceptors (Lipinski definition) is 4. The summed E-state index contributed by atoms with van der Waals surface area (Å²) in [4.78, 5) is 39.6. The summed E-state index contributed by atoms with van der Waals surface area (Å²) in [5.74, 6) is -0.163. The maximum Gasteiger partial charge on any atom is 0.261 e. The molecule has 0 unspecified atom stereocenters. The summed E-state index contributed by atoms with van der Waals surface area (Å²) in [5.41, 5.74) is 3.62. The summed E-state index contributed by atoms with van der Waals surface area (Å²) >= 11 is 0. The molecular formula is C26H22N2O4. The van der Waals surface area contributed by atoms with Crippen LogP contribution in [0.3, 0.4) is 0 Å². The molecule has 0 radical (unpaired) electrons. The topological polar surface area (TPSA) is 75.7 Å². The average Bonchev–Trinajstić information content (AvgIpc) is 2.84. The van der Waals surface area contributed by atoms with Crippen molar-refractivity contribution in [2.45, 2.75) is 6.54 Å². The predicted octanol–water partition coefficient (Wildman–Crippen LogP) is 3.78. The zero-order valence-electron chi connectivity index (χ0n) is 17.8. The zero-order chi connectivity index (χ0) is 22.7. The Kier molecular flexibility index (Phi) is 5.85. The molecule has 1 aliphatic rings. The first-order valence-corrected chi connectivity index (χ1v) is 10.1. The second kappa shape index (κ2) is 8.89. The van der Waals surface area contributed by atoms with Crippen LogP contribution >= 0.6 is 0 Å². The molecule has 1 heterocycles. The summed E-state index contributed by atoms with van der Waals surface area (Å²) in [7, 11) is 3.16. The molecule has 0 saturated heterocycles. The average molecular weight is 426 g/mol. The van der Waals surface area contributed by atoms with Crippen LogP contribution in [0.1, 0.15) is 37.4 Å². The van der Waals surface area contributed by atoms with E-state index >= 15 is 0 Å². The third kappa shape index (κ3) is 4.03. The summed E-state index contributed by atoms with van der Waals surface area (Å²) < 4.78 is 5.18. The number of carbonyl (C=O) groups excluding carboxylic acids is 3. The second-order valence-corrected chi connectivity index (χ2v) is 7.35. The highest BCUT2D eigenvalue weighted by Gasteiger charge is 2.34. The highest BCUT2D eigenvalue weighted by Crippen LogP contribution is 2.31. The van der Waals surface area contributed by atoms with Crippen molar-refractivity contribution in [2.24, 2.45) is 0 Å². The first-order chi connectivity index (χ1) is 15.5. The molecule has 0 spiro atoms. The Labute approximate surface area is 186 Å². The highest BCUT2D eigenvalue weighted by molar-refractivity contribution is 6.33. The molecular weight excluding hydrogens is 404 g/mol. The van der Waals surface area contributed by atoms with Gasteiger partial charge < -0.3 is 10.1 Å². The lowest BCUT2D eigenvalue weighted by atomic mass is 9.91. The van der Waals surface area contributed by atoms with E-state index in [0.717, 1.165) is 11.1 Å². The molecule has 6 nitrogen and oxygen atoms in total. The molecule has 0 saturated carbocycles. The van der Waals surface area contributed by atoms with Crippen LogP contribution in [-0.4, -0.2) is 36.8 Å². The number of nitrogens with one attached hydrogen (secondary N) is 1. The quantitative estimate of drug-likeness (QED) is 0.498. The Bertz CT molecular complexity index is 1210. The van der Waals surface area contributed by atoms with Crippen LogP contribution in [-0.2, 0) is 11.3 Å². The van der Waals surface area contributed by atoms with E-state index in [2.05, 4.69) is 5.32 Å².